The van der Waals surface area contributed by atoms with Crippen LogP contribution in [-0.2, 0) is 4.79 Å². The number of hydrogen-bond acceptors (Lipinski definition) is 5. The van der Waals surface area contributed by atoms with Crippen molar-refractivity contribution in [2.45, 2.75) is 19.0 Å². The van der Waals surface area contributed by atoms with E-state index >= 15 is 0 Å². The zero-order valence-corrected chi connectivity index (χ0v) is 13.2. The van der Waals surface area contributed by atoms with Gasteiger partial charge in [0, 0.05) is 18.1 Å². The number of ketones is 1. The lowest BCUT2D eigenvalue weighted by Crippen LogP contribution is -2.10. The van der Waals surface area contributed by atoms with E-state index < -0.39 is 0 Å². The predicted molar refractivity (Wildman–Crippen MR) is 86.5 cm³/mol. The highest BCUT2D eigenvalue weighted by molar-refractivity contribution is 7.99. The number of aromatic nitrogens is 2. The molecule has 2 N–H and O–H groups in total. The van der Waals surface area contributed by atoms with E-state index in [1.165, 1.54) is 11.8 Å². The number of carbonyl (C=O) groups is 1. The molecule has 6 heteroatoms. The molecule has 1 aromatic carbocycles. The summed E-state index contributed by atoms with van der Waals surface area (Å²) in [5.41, 5.74) is 7.93. The Morgan fingerprint density at radius 3 is 2.82 bits per heavy atom. The number of allylic oxidation sites excluding steroid dienone is 2. The first-order valence-electron chi connectivity index (χ1n) is 6.66. The Morgan fingerprint density at radius 2 is 2.18 bits per heavy atom. The second-order valence-corrected chi connectivity index (χ2v) is 5.69. The van der Waals surface area contributed by atoms with Crippen molar-refractivity contribution in [3.05, 3.63) is 53.5 Å². The average Bonchev–Trinajstić information content (AvgIpc) is 2.94. The Bertz CT molecular complexity index is 766. The summed E-state index contributed by atoms with van der Waals surface area (Å²) in [7, 11) is 0. The Hall–Kier alpha value is -2.52. The van der Waals surface area contributed by atoms with Gasteiger partial charge in [0.25, 0.3) is 0 Å². The van der Waals surface area contributed by atoms with Crippen LogP contribution in [0.3, 0.4) is 0 Å². The Morgan fingerprint density at radius 1 is 1.45 bits per heavy atom. The number of rotatable bonds is 5. The molecule has 0 amide bonds. The van der Waals surface area contributed by atoms with Crippen LogP contribution < -0.4 is 5.73 Å². The van der Waals surface area contributed by atoms with Crippen molar-refractivity contribution in [3.8, 4) is 11.8 Å². The second kappa shape index (κ2) is 6.96. The second-order valence-electron chi connectivity index (χ2n) is 4.75. The number of imidazole rings is 1. The molecule has 2 aromatic rings. The molecular weight excluding hydrogens is 296 g/mol. The van der Waals surface area contributed by atoms with E-state index in [4.69, 9.17) is 11.0 Å². The van der Waals surface area contributed by atoms with Crippen LogP contribution in [0.2, 0.25) is 0 Å². The number of nitrogens with two attached hydrogens (primary N) is 1. The highest BCUT2D eigenvalue weighted by Gasteiger charge is 2.14. The summed E-state index contributed by atoms with van der Waals surface area (Å²) in [5, 5.41) is 9.66. The van der Waals surface area contributed by atoms with E-state index in [-0.39, 0.29) is 22.8 Å². The van der Waals surface area contributed by atoms with Gasteiger partial charge in [-0.05, 0) is 25.5 Å². The van der Waals surface area contributed by atoms with Crippen LogP contribution in [-0.4, -0.2) is 21.1 Å². The van der Waals surface area contributed by atoms with Gasteiger partial charge in [0.2, 0.25) is 0 Å². The predicted octanol–water partition coefficient (Wildman–Crippen LogP) is 2.60. The van der Waals surface area contributed by atoms with Crippen molar-refractivity contribution in [2.75, 3.05) is 5.75 Å². The fraction of sp³-hybridized carbons (Fsp3) is 0.188. The number of nitrogens with zero attached hydrogens (tertiary/aromatic N) is 3. The number of thioether (sulfide) groups is 1. The van der Waals surface area contributed by atoms with E-state index in [9.17, 15) is 4.79 Å². The van der Waals surface area contributed by atoms with Crippen LogP contribution in [0.1, 0.15) is 12.5 Å². The molecule has 0 aliphatic rings. The zero-order chi connectivity index (χ0) is 16.1. The first kappa shape index (κ1) is 15.9. The highest BCUT2D eigenvalue weighted by atomic mass is 32.2. The lowest BCUT2D eigenvalue weighted by Gasteiger charge is -2.10. The summed E-state index contributed by atoms with van der Waals surface area (Å²) in [6.45, 7) is 3.57. The van der Waals surface area contributed by atoms with Gasteiger partial charge in [-0.1, -0.05) is 30.0 Å². The van der Waals surface area contributed by atoms with Crippen LogP contribution in [0.25, 0.3) is 5.69 Å². The number of benzene rings is 1. The molecule has 2 rings (SSSR count). The Kier molecular flexibility index (Phi) is 5.02. The molecule has 22 heavy (non-hydrogen) atoms. The fourth-order valence-corrected chi connectivity index (χ4v) is 2.82. The Balaban J connectivity index is 2.19. The van der Waals surface area contributed by atoms with Crippen LogP contribution in [0.15, 0.2) is 53.1 Å². The zero-order valence-electron chi connectivity index (χ0n) is 12.4. The third kappa shape index (κ3) is 3.38. The summed E-state index contributed by atoms with van der Waals surface area (Å²) in [6.07, 6.45) is 3.54. The van der Waals surface area contributed by atoms with E-state index in [2.05, 4.69) is 4.98 Å². The van der Waals surface area contributed by atoms with Crippen molar-refractivity contribution in [2.24, 2.45) is 5.73 Å². The topological polar surface area (TPSA) is 84.7 Å². The number of hydrogen-bond donors (Lipinski definition) is 1. The minimum absolute atomic E-state index is 0.0153. The standard InChI is InChI=1S/C16H16N4OS/c1-11-5-3-4-6-14(11)20-8-7-19-16(20)22-10-15(21)13(9-17)12(2)18/h3-8H,10,18H2,1-2H3/b13-12+. The Labute approximate surface area is 133 Å². The smallest absolute Gasteiger partial charge is 0.185 e. The molecule has 0 spiro atoms. The average molecular weight is 312 g/mol. The number of Topliss-reactive ketones (excluding diaryl/α,β-unsaturated/α-hetero) is 1. The van der Waals surface area contributed by atoms with Crippen molar-refractivity contribution < 1.29 is 4.79 Å². The molecule has 0 atom stereocenters. The number of carbonyl (C=O) groups excluding carboxylic acids is 1. The summed E-state index contributed by atoms with van der Waals surface area (Å²) >= 11 is 1.29. The third-order valence-electron chi connectivity index (χ3n) is 3.10. The van der Waals surface area contributed by atoms with Gasteiger partial charge >= 0.3 is 0 Å². The van der Waals surface area contributed by atoms with Gasteiger partial charge in [-0.2, -0.15) is 5.26 Å². The van der Waals surface area contributed by atoms with Gasteiger partial charge < -0.3 is 5.73 Å². The van der Waals surface area contributed by atoms with E-state index in [1.807, 2.05) is 48.0 Å². The van der Waals surface area contributed by atoms with Gasteiger partial charge in [0.1, 0.15) is 11.6 Å². The molecule has 5 nitrogen and oxygen atoms in total. The van der Waals surface area contributed by atoms with Gasteiger partial charge in [-0.25, -0.2) is 4.98 Å². The molecule has 0 bridgehead atoms. The minimum atomic E-state index is -0.285. The van der Waals surface area contributed by atoms with Crippen LogP contribution in [0.5, 0.6) is 0 Å². The SMILES string of the molecule is C/C(N)=C(/C#N)C(=O)CSc1nccn1-c1ccccc1C. The fourth-order valence-electron chi connectivity index (χ4n) is 1.99. The van der Waals surface area contributed by atoms with Crippen molar-refractivity contribution >= 4 is 17.5 Å². The molecule has 1 aromatic heterocycles. The summed E-state index contributed by atoms with van der Waals surface area (Å²) in [6, 6.07) is 9.79. The van der Waals surface area contributed by atoms with Crippen LogP contribution >= 0.6 is 11.8 Å². The number of para-hydroxylation sites is 1. The molecule has 0 aliphatic heterocycles. The lowest BCUT2D eigenvalue weighted by atomic mass is 10.2. The summed E-state index contributed by atoms with van der Waals surface area (Å²) < 4.78 is 1.93. The van der Waals surface area contributed by atoms with Crippen molar-refractivity contribution in [1.82, 2.24) is 9.55 Å². The normalized spacial score (nSPS) is 11.7. The largest absolute Gasteiger partial charge is 0.401 e. The summed E-state index contributed by atoms with van der Waals surface area (Å²) in [5.74, 6) is -0.160. The van der Waals surface area contributed by atoms with E-state index in [0.29, 0.717) is 5.16 Å². The molecule has 0 fully saturated rings. The van der Waals surface area contributed by atoms with Gasteiger partial charge in [0.05, 0.1) is 11.4 Å². The molecule has 1 heterocycles. The molecule has 112 valence electrons. The number of nitriles is 1. The highest BCUT2D eigenvalue weighted by Crippen LogP contribution is 2.23. The third-order valence-corrected chi connectivity index (χ3v) is 4.07. The van der Waals surface area contributed by atoms with Gasteiger partial charge in [-0.15, -0.1) is 0 Å². The molecule has 0 radical (unpaired) electrons. The number of aryl methyl sites for hydroxylation is 1. The lowest BCUT2D eigenvalue weighted by molar-refractivity contribution is -0.112. The van der Waals surface area contributed by atoms with E-state index in [1.54, 1.807) is 13.1 Å². The van der Waals surface area contributed by atoms with E-state index in [0.717, 1.165) is 11.3 Å². The first-order chi connectivity index (χ1) is 10.5. The van der Waals surface area contributed by atoms with Crippen LogP contribution in [0.4, 0.5) is 0 Å². The minimum Gasteiger partial charge on any atom is -0.401 e. The molecular formula is C16H16N4OS. The van der Waals surface area contributed by atoms with Gasteiger partial charge in [-0.3, -0.25) is 9.36 Å². The van der Waals surface area contributed by atoms with Crippen molar-refractivity contribution in [1.29, 1.82) is 5.26 Å². The van der Waals surface area contributed by atoms with Crippen molar-refractivity contribution in [3.63, 3.8) is 0 Å². The molecule has 0 unspecified atom stereocenters. The monoisotopic (exact) mass is 312 g/mol. The maximum atomic E-state index is 12.0. The summed E-state index contributed by atoms with van der Waals surface area (Å²) in [4.78, 5) is 16.3. The molecule has 0 saturated heterocycles. The first-order valence-corrected chi connectivity index (χ1v) is 7.65. The maximum Gasteiger partial charge on any atom is 0.185 e. The quantitative estimate of drug-likeness (QED) is 0.521. The molecule has 0 saturated carbocycles. The molecule has 0 aliphatic carbocycles. The van der Waals surface area contributed by atoms with Crippen LogP contribution in [0, 0.1) is 18.3 Å². The van der Waals surface area contributed by atoms with Gasteiger partial charge in [0.15, 0.2) is 10.9 Å². The maximum absolute atomic E-state index is 12.0.